The summed E-state index contributed by atoms with van der Waals surface area (Å²) in [6, 6.07) is 82.2. The maximum absolute atomic E-state index is 2.44. The van der Waals surface area contributed by atoms with E-state index in [9.17, 15) is 0 Å². The minimum Gasteiger partial charge on any atom is -0.310 e. The van der Waals surface area contributed by atoms with Crippen molar-refractivity contribution in [2.75, 3.05) is 4.90 Å². The predicted octanol–water partition coefficient (Wildman–Crippen LogP) is 17.5. The molecule has 0 radical (unpaired) electrons. The zero-order valence-electron chi connectivity index (χ0n) is 35.9. The van der Waals surface area contributed by atoms with Crippen molar-refractivity contribution in [2.45, 2.75) is 6.42 Å². The van der Waals surface area contributed by atoms with Crippen LogP contribution in [0.1, 0.15) is 12.0 Å². The average molecular weight is 829 g/mol. The van der Waals surface area contributed by atoms with Crippen molar-refractivity contribution < 1.29 is 0 Å². The van der Waals surface area contributed by atoms with E-state index in [0.717, 1.165) is 29.2 Å². The quantitative estimate of drug-likeness (QED) is 0.139. The van der Waals surface area contributed by atoms with Gasteiger partial charge in [-0.25, -0.2) is 0 Å². The number of benzene rings is 10. The Balaban J connectivity index is 1.13. The van der Waals surface area contributed by atoms with Gasteiger partial charge in [-0.2, -0.15) is 0 Å². The second-order valence-corrected chi connectivity index (χ2v) is 16.8. The van der Waals surface area contributed by atoms with E-state index in [1.807, 2.05) is 0 Å². The van der Waals surface area contributed by atoms with Crippen molar-refractivity contribution >= 4 is 66.0 Å². The molecule has 0 unspecified atom stereocenters. The van der Waals surface area contributed by atoms with Crippen LogP contribution in [-0.4, -0.2) is 4.57 Å². The molecule has 10 aromatic carbocycles. The number of nitrogens with zero attached hydrogens (tertiary/aromatic N) is 2. The third-order valence-corrected chi connectivity index (χ3v) is 12.9. The van der Waals surface area contributed by atoms with Crippen LogP contribution in [0.3, 0.4) is 0 Å². The van der Waals surface area contributed by atoms with Gasteiger partial charge < -0.3 is 9.47 Å². The summed E-state index contributed by atoms with van der Waals surface area (Å²) in [5.74, 6) is 0. The van der Waals surface area contributed by atoms with E-state index in [2.05, 4.69) is 264 Å². The number of aromatic nitrogens is 1. The monoisotopic (exact) mass is 828 g/mol. The van der Waals surface area contributed by atoms with Crippen LogP contribution in [0, 0.1) is 0 Å². The molecule has 306 valence electrons. The Bertz CT molecular complexity index is 3670. The Morgan fingerprint density at radius 3 is 1.63 bits per heavy atom. The molecule has 0 amide bonds. The van der Waals surface area contributed by atoms with Crippen molar-refractivity contribution in [2.24, 2.45) is 0 Å². The summed E-state index contributed by atoms with van der Waals surface area (Å²) in [6.07, 6.45) is 12.0. The van der Waals surface area contributed by atoms with Crippen LogP contribution in [0.5, 0.6) is 0 Å². The summed E-state index contributed by atoms with van der Waals surface area (Å²) in [6.45, 7) is 0. The van der Waals surface area contributed by atoms with Crippen molar-refractivity contribution in [3.63, 3.8) is 0 Å². The Hall–Kier alpha value is -8.46. The van der Waals surface area contributed by atoms with E-state index in [-0.39, 0.29) is 0 Å². The molecule has 0 saturated heterocycles. The van der Waals surface area contributed by atoms with E-state index in [4.69, 9.17) is 0 Å². The normalized spacial score (nSPS) is 12.5. The summed E-state index contributed by atoms with van der Waals surface area (Å²) in [5, 5.41) is 7.31. The van der Waals surface area contributed by atoms with Gasteiger partial charge in [0.1, 0.15) is 0 Å². The number of rotatable bonds is 8. The van der Waals surface area contributed by atoms with Gasteiger partial charge in [0.2, 0.25) is 0 Å². The molecule has 0 atom stereocenters. The zero-order chi connectivity index (χ0) is 43.1. The molecule has 2 heteroatoms. The molecule has 0 bridgehead atoms. The Morgan fingerprint density at radius 2 is 0.877 bits per heavy atom. The number of hydrogen-bond donors (Lipinski definition) is 0. The van der Waals surface area contributed by atoms with E-state index >= 15 is 0 Å². The molecule has 2 nitrogen and oxygen atoms in total. The minimum atomic E-state index is 0.909. The SMILES string of the molecule is C1=CCC=C(c2cccc(-c3c4ccccc4c(-c4cccc(-c5ccccc5)c4)c4ccc(N(c5ccccc5)c5ccc6c(c5)c5ccccc5n6-c5ccccc5)cc34)c2)C=C1. The fourth-order valence-corrected chi connectivity index (χ4v) is 10.0. The van der Waals surface area contributed by atoms with Crippen molar-refractivity contribution in [3.05, 3.63) is 260 Å². The third-order valence-electron chi connectivity index (χ3n) is 12.9. The molecule has 12 rings (SSSR count). The van der Waals surface area contributed by atoms with Crippen LogP contribution in [0.4, 0.5) is 17.1 Å². The Morgan fingerprint density at radius 1 is 0.338 bits per heavy atom. The fraction of sp³-hybridized carbons (Fsp3) is 0.0159. The van der Waals surface area contributed by atoms with Crippen molar-refractivity contribution in [3.8, 4) is 39.1 Å². The van der Waals surface area contributed by atoms with Crippen LogP contribution in [0.25, 0.3) is 88.0 Å². The molecule has 1 aromatic heterocycles. The molecule has 1 heterocycles. The highest BCUT2D eigenvalue weighted by atomic mass is 15.1. The molecular weight excluding hydrogens is 785 g/mol. The predicted molar refractivity (Wildman–Crippen MR) is 278 cm³/mol. The number of hydrogen-bond acceptors (Lipinski definition) is 1. The van der Waals surface area contributed by atoms with Crippen LogP contribution < -0.4 is 4.90 Å². The van der Waals surface area contributed by atoms with Crippen molar-refractivity contribution in [1.29, 1.82) is 0 Å². The summed E-state index contributed by atoms with van der Waals surface area (Å²) < 4.78 is 2.38. The summed E-state index contributed by atoms with van der Waals surface area (Å²) in [5.41, 5.74) is 16.5. The van der Waals surface area contributed by atoms with E-state index in [0.29, 0.717) is 0 Å². The molecule has 0 aliphatic heterocycles. The minimum absolute atomic E-state index is 0.909. The first-order valence-corrected chi connectivity index (χ1v) is 22.5. The van der Waals surface area contributed by atoms with Gasteiger partial charge in [-0.05, 0) is 145 Å². The second kappa shape index (κ2) is 16.3. The zero-order valence-corrected chi connectivity index (χ0v) is 35.9. The summed E-state index contributed by atoms with van der Waals surface area (Å²) in [7, 11) is 0. The molecular formula is C63H44N2. The number of allylic oxidation sites excluding steroid dienone is 6. The molecule has 0 fully saturated rings. The number of para-hydroxylation sites is 3. The molecule has 1 aliphatic rings. The van der Waals surface area contributed by atoms with E-state index < -0.39 is 0 Å². The van der Waals surface area contributed by atoms with E-state index in [1.54, 1.807) is 0 Å². The van der Waals surface area contributed by atoms with Crippen LogP contribution >= 0.6 is 0 Å². The Labute approximate surface area is 379 Å². The van der Waals surface area contributed by atoms with Crippen LogP contribution in [0.2, 0.25) is 0 Å². The van der Waals surface area contributed by atoms with E-state index in [1.165, 1.54) is 87.9 Å². The molecule has 65 heavy (non-hydrogen) atoms. The fourth-order valence-electron chi connectivity index (χ4n) is 10.0. The van der Waals surface area contributed by atoms with Gasteiger partial charge in [-0.3, -0.25) is 0 Å². The smallest absolute Gasteiger partial charge is 0.0542 e. The van der Waals surface area contributed by atoms with Gasteiger partial charge in [0.15, 0.2) is 0 Å². The standard InChI is InChI=1S/C63H44N2/c1-2-7-21-44(20-6-1)47-25-19-27-49(41-47)63-56-34-15-14-33-55(56)62(48-26-18-24-46(40-48)45-22-8-3-9-23-45)57-38-36-52(43-59(57)63)64(50-28-10-4-11-29-50)53-37-39-61-58(42-53)54-32-16-17-35-60(54)65(61)51-30-12-5-13-31-51/h1-6,8-43H,7H2. The highest BCUT2D eigenvalue weighted by molar-refractivity contribution is 6.22. The maximum atomic E-state index is 2.44. The largest absolute Gasteiger partial charge is 0.310 e. The molecule has 11 aromatic rings. The van der Waals surface area contributed by atoms with Gasteiger partial charge in [-0.1, -0.05) is 182 Å². The third kappa shape index (κ3) is 6.84. The van der Waals surface area contributed by atoms with Gasteiger partial charge >= 0.3 is 0 Å². The number of fused-ring (bicyclic) bond motifs is 5. The highest BCUT2D eigenvalue weighted by Gasteiger charge is 2.22. The lowest BCUT2D eigenvalue weighted by molar-refractivity contribution is 1.18. The molecule has 1 aliphatic carbocycles. The first-order chi connectivity index (χ1) is 32.3. The van der Waals surface area contributed by atoms with Gasteiger partial charge in [0.05, 0.1) is 11.0 Å². The molecule has 0 N–H and O–H groups in total. The average Bonchev–Trinajstić information content (AvgIpc) is 3.47. The lowest BCUT2D eigenvalue weighted by Gasteiger charge is -2.27. The Kier molecular flexibility index (Phi) is 9.61. The second-order valence-electron chi connectivity index (χ2n) is 16.8. The van der Waals surface area contributed by atoms with Gasteiger partial charge in [-0.15, -0.1) is 0 Å². The summed E-state index contributed by atoms with van der Waals surface area (Å²) in [4.78, 5) is 2.42. The molecule has 0 spiro atoms. The lowest BCUT2D eigenvalue weighted by atomic mass is 9.84. The molecule has 0 saturated carbocycles. The van der Waals surface area contributed by atoms with Crippen molar-refractivity contribution in [1.82, 2.24) is 4.57 Å². The van der Waals surface area contributed by atoms with Crippen LogP contribution in [0.15, 0.2) is 255 Å². The number of anilines is 3. The lowest BCUT2D eigenvalue weighted by Crippen LogP contribution is -2.10. The van der Waals surface area contributed by atoms with Crippen LogP contribution in [-0.2, 0) is 0 Å². The van der Waals surface area contributed by atoms with Gasteiger partial charge in [0, 0.05) is 33.5 Å². The first-order valence-electron chi connectivity index (χ1n) is 22.5. The highest BCUT2D eigenvalue weighted by Crippen LogP contribution is 2.48. The summed E-state index contributed by atoms with van der Waals surface area (Å²) >= 11 is 0. The van der Waals surface area contributed by atoms with Gasteiger partial charge in [0.25, 0.3) is 0 Å². The topological polar surface area (TPSA) is 8.17 Å². The first kappa shape index (κ1) is 38.2. The maximum Gasteiger partial charge on any atom is 0.0542 e.